The zero-order chi connectivity index (χ0) is 12.7. The molecule has 1 heterocycles. The lowest BCUT2D eigenvalue weighted by Gasteiger charge is -2.05. The van der Waals surface area contributed by atoms with Gasteiger partial charge in [-0.05, 0) is 25.7 Å². The lowest BCUT2D eigenvalue weighted by Crippen LogP contribution is -1.86. The Labute approximate surface area is 130 Å². The molecule has 0 spiro atoms. The van der Waals surface area contributed by atoms with Crippen molar-refractivity contribution >= 4 is 43.2 Å². The summed E-state index contributed by atoms with van der Waals surface area (Å²) in [7, 11) is 8.42. The monoisotopic (exact) mass is 324 g/mol. The topological polar surface area (TPSA) is 0 Å². The highest BCUT2D eigenvalue weighted by molar-refractivity contribution is 8.77. The number of rotatable bonds is 0. The molecular formula is C14H28S4. The molecule has 0 N–H and O–H groups in total. The minimum atomic E-state index is 1.37. The quantitative estimate of drug-likeness (QED) is 0.456. The molecule has 1 rings (SSSR count). The van der Waals surface area contributed by atoms with Gasteiger partial charge in [0.15, 0.2) is 0 Å². The molecule has 0 aliphatic carbocycles. The van der Waals surface area contributed by atoms with Gasteiger partial charge in [0.2, 0.25) is 0 Å². The van der Waals surface area contributed by atoms with E-state index in [1.54, 1.807) is 0 Å². The molecule has 0 nitrogen and oxygen atoms in total. The van der Waals surface area contributed by atoms with Crippen LogP contribution in [-0.4, -0.2) is 23.0 Å². The van der Waals surface area contributed by atoms with E-state index < -0.39 is 0 Å². The second-order valence-corrected chi connectivity index (χ2v) is 10.2. The number of hydrogen-bond donors (Lipinski definition) is 0. The van der Waals surface area contributed by atoms with Crippen LogP contribution in [0, 0.1) is 0 Å². The van der Waals surface area contributed by atoms with Crippen molar-refractivity contribution in [2.24, 2.45) is 0 Å². The van der Waals surface area contributed by atoms with E-state index in [0.29, 0.717) is 0 Å². The highest BCUT2D eigenvalue weighted by atomic mass is 33.1. The maximum Gasteiger partial charge on any atom is 0.00369 e. The first-order chi connectivity index (χ1) is 9.00. The van der Waals surface area contributed by atoms with Crippen LogP contribution < -0.4 is 0 Å². The fourth-order valence-corrected chi connectivity index (χ4v) is 6.53. The van der Waals surface area contributed by atoms with Crippen molar-refractivity contribution in [1.82, 2.24) is 0 Å². The largest absolute Gasteiger partial charge is 0.0942 e. The van der Waals surface area contributed by atoms with Crippen molar-refractivity contribution in [2.75, 3.05) is 23.0 Å². The van der Waals surface area contributed by atoms with Crippen LogP contribution >= 0.6 is 43.2 Å². The highest BCUT2D eigenvalue weighted by Gasteiger charge is 1.97. The molecule has 0 atom stereocenters. The van der Waals surface area contributed by atoms with Gasteiger partial charge < -0.3 is 0 Å². The molecule has 0 aromatic carbocycles. The summed E-state index contributed by atoms with van der Waals surface area (Å²) < 4.78 is 0. The van der Waals surface area contributed by atoms with Crippen LogP contribution in [0.2, 0.25) is 0 Å². The first-order valence-corrected chi connectivity index (χ1v) is 12.5. The van der Waals surface area contributed by atoms with E-state index >= 15 is 0 Å². The van der Waals surface area contributed by atoms with Crippen molar-refractivity contribution in [2.45, 2.75) is 64.2 Å². The molecular weight excluding hydrogens is 296 g/mol. The van der Waals surface area contributed by atoms with Gasteiger partial charge in [-0.2, -0.15) is 0 Å². The van der Waals surface area contributed by atoms with Gasteiger partial charge in [-0.3, -0.25) is 0 Å². The Morgan fingerprint density at radius 3 is 0.778 bits per heavy atom. The first-order valence-electron chi connectivity index (χ1n) is 7.49. The lowest BCUT2D eigenvalue weighted by molar-refractivity contribution is 0.662. The van der Waals surface area contributed by atoms with Crippen LogP contribution in [0.1, 0.15) is 64.2 Å². The third-order valence-corrected chi connectivity index (χ3v) is 8.23. The summed E-state index contributed by atoms with van der Waals surface area (Å²) in [4.78, 5) is 0. The molecule has 1 fully saturated rings. The van der Waals surface area contributed by atoms with E-state index in [2.05, 4.69) is 43.2 Å². The Hall–Kier alpha value is 1.40. The van der Waals surface area contributed by atoms with E-state index in [1.807, 2.05) is 0 Å². The second-order valence-electron chi connectivity index (χ2n) is 4.82. The summed E-state index contributed by atoms with van der Waals surface area (Å²) in [5.41, 5.74) is 0. The molecule has 108 valence electrons. The molecule has 1 aliphatic rings. The van der Waals surface area contributed by atoms with Crippen LogP contribution in [0.3, 0.4) is 0 Å². The summed E-state index contributed by atoms with van der Waals surface area (Å²) in [6, 6.07) is 0. The fraction of sp³-hybridized carbons (Fsp3) is 1.00. The van der Waals surface area contributed by atoms with Crippen molar-refractivity contribution in [3.05, 3.63) is 0 Å². The van der Waals surface area contributed by atoms with Gasteiger partial charge in [0, 0.05) is 23.0 Å². The molecule has 1 aliphatic heterocycles. The third kappa shape index (κ3) is 12.4. The molecule has 18 heavy (non-hydrogen) atoms. The molecule has 1 saturated heterocycles. The Morgan fingerprint density at radius 2 is 0.500 bits per heavy atom. The van der Waals surface area contributed by atoms with Gasteiger partial charge in [-0.15, -0.1) is 0 Å². The minimum Gasteiger partial charge on any atom is -0.0942 e. The average Bonchev–Trinajstić information content (AvgIpc) is 2.39. The lowest BCUT2D eigenvalue weighted by atomic mass is 10.2. The molecule has 0 bridgehead atoms. The predicted molar refractivity (Wildman–Crippen MR) is 96.0 cm³/mol. The Morgan fingerprint density at radius 1 is 0.278 bits per heavy atom. The SMILES string of the molecule is C1CCCSSCCCCCCCSSCCC1. The van der Waals surface area contributed by atoms with Crippen molar-refractivity contribution in [3.8, 4) is 0 Å². The molecule has 0 unspecified atom stereocenters. The zero-order valence-electron chi connectivity index (χ0n) is 11.5. The first kappa shape index (κ1) is 17.5. The molecule has 0 aromatic heterocycles. The Balaban J connectivity index is 2.00. The van der Waals surface area contributed by atoms with Crippen molar-refractivity contribution < 1.29 is 0 Å². The van der Waals surface area contributed by atoms with Crippen LogP contribution in [0.15, 0.2) is 0 Å². The van der Waals surface area contributed by atoms with E-state index in [9.17, 15) is 0 Å². The molecule has 0 saturated carbocycles. The average molecular weight is 325 g/mol. The summed E-state index contributed by atoms with van der Waals surface area (Å²) in [5, 5.41) is 0. The normalized spacial score (nSPS) is 24.0. The summed E-state index contributed by atoms with van der Waals surface area (Å²) in [5.74, 6) is 5.48. The Kier molecular flexibility index (Phi) is 14.4. The van der Waals surface area contributed by atoms with Crippen LogP contribution in [0.25, 0.3) is 0 Å². The maximum absolute atomic E-state index is 2.11. The highest BCUT2D eigenvalue weighted by Crippen LogP contribution is 2.27. The summed E-state index contributed by atoms with van der Waals surface area (Å²) in [6.07, 6.45) is 14.4. The van der Waals surface area contributed by atoms with Crippen molar-refractivity contribution in [1.29, 1.82) is 0 Å². The van der Waals surface area contributed by atoms with Crippen molar-refractivity contribution in [3.63, 3.8) is 0 Å². The standard InChI is InChI=1S/C14H28S4/c1-3-7-11-15-17-13-9-5-2-6-10-14-18-16-12-8-4-1/h1-14H2. The van der Waals surface area contributed by atoms with Gasteiger partial charge in [0.25, 0.3) is 0 Å². The molecule has 0 radical (unpaired) electrons. The van der Waals surface area contributed by atoms with Crippen LogP contribution in [0.4, 0.5) is 0 Å². The number of hydrogen-bond acceptors (Lipinski definition) is 4. The van der Waals surface area contributed by atoms with Crippen LogP contribution in [-0.2, 0) is 0 Å². The van der Waals surface area contributed by atoms with Gasteiger partial charge in [0.05, 0.1) is 0 Å². The van der Waals surface area contributed by atoms with Gasteiger partial charge in [-0.1, -0.05) is 81.7 Å². The zero-order valence-corrected chi connectivity index (χ0v) is 14.8. The molecule has 0 aromatic rings. The summed E-state index contributed by atoms with van der Waals surface area (Å²) in [6.45, 7) is 0. The van der Waals surface area contributed by atoms with Gasteiger partial charge in [0.1, 0.15) is 0 Å². The van der Waals surface area contributed by atoms with E-state index in [-0.39, 0.29) is 0 Å². The van der Waals surface area contributed by atoms with Gasteiger partial charge >= 0.3 is 0 Å². The fourth-order valence-electron chi connectivity index (χ4n) is 1.94. The van der Waals surface area contributed by atoms with Gasteiger partial charge in [-0.25, -0.2) is 0 Å². The molecule has 0 amide bonds. The maximum atomic E-state index is 2.11. The van der Waals surface area contributed by atoms with Crippen LogP contribution in [0.5, 0.6) is 0 Å². The van der Waals surface area contributed by atoms with E-state index in [4.69, 9.17) is 0 Å². The minimum absolute atomic E-state index is 1.37. The summed E-state index contributed by atoms with van der Waals surface area (Å²) >= 11 is 0. The third-order valence-electron chi connectivity index (χ3n) is 3.08. The Bertz CT molecular complexity index is 88.8. The molecule has 4 heteroatoms. The predicted octanol–water partition coefficient (Wildman–Crippen LogP) is 6.66. The van der Waals surface area contributed by atoms with E-state index in [0.717, 1.165) is 0 Å². The second kappa shape index (κ2) is 14.8. The van der Waals surface area contributed by atoms with E-state index in [1.165, 1.54) is 87.2 Å². The smallest absolute Gasteiger partial charge is 0.00369 e.